The van der Waals surface area contributed by atoms with Gasteiger partial charge in [-0.2, -0.15) is 0 Å². The molecule has 0 saturated heterocycles. The van der Waals surface area contributed by atoms with Crippen LogP contribution in [0.15, 0.2) is 0 Å². The Hall–Kier alpha value is -1.22. The maximum atomic E-state index is 11.0. The van der Waals surface area contributed by atoms with Crippen molar-refractivity contribution in [3.63, 3.8) is 0 Å². The first-order valence-electron chi connectivity index (χ1n) is 4.30. The van der Waals surface area contributed by atoms with Crippen molar-refractivity contribution >= 4 is 47.1 Å². The molecule has 0 rings (SSSR count). The molecule has 2 unspecified atom stereocenters. The van der Waals surface area contributed by atoms with E-state index in [1.54, 1.807) is 0 Å². The zero-order valence-electron chi connectivity index (χ0n) is 8.67. The molecule has 0 aliphatic heterocycles. The van der Waals surface area contributed by atoms with Crippen LogP contribution in [0.1, 0.15) is 0 Å². The normalized spacial score (nSPS) is 13.3. The minimum absolute atomic E-state index is 0.663. The van der Waals surface area contributed by atoms with Gasteiger partial charge in [-0.3, -0.25) is 9.59 Å². The predicted octanol–water partition coefficient (Wildman–Crippen LogP) is -1.67. The highest BCUT2D eigenvalue weighted by Crippen LogP contribution is 2.01. The van der Waals surface area contributed by atoms with Crippen LogP contribution in [0.25, 0.3) is 0 Å². The lowest BCUT2D eigenvalue weighted by molar-refractivity contribution is -0.179. The molecule has 0 amide bonds. The first-order valence-corrected chi connectivity index (χ1v) is 5.37. The number of rotatable bonds is 5. The van der Waals surface area contributed by atoms with E-state index in [9.17, 15) is 19.2 Å². The standard InChI is InChI=1S/C8H8Cl2O8/c9-1-3(11)17-7(15)5(13)6(14)8(16)18-4(12)2-10/h5-6,13-14H,1-2H2. The number of aliphatic hydroxyl groups excluding tert-OH is 2. The lowest BCUT2D eigenvalue weighted by atomic mass is 10.2. The molecule has 2 N–H and O–H groups in total. The van der Waals surface area contributed by atoms with Gasteiger partial charge in [0.2, 0.25) is 0 Å². The van der Waals surface area contributed by atoms with Gasteiger partial charge in [-0.15, -0.1) is 23.2 Å². The van der Waals surface area contributed by atoms with E-state index < -0.39 is 47.8 Å². The molecule has 0 bridgehead atoms. The first kappa shape index (κ1) is 16.8. The molecule has 0 spiro atoms. The van der Waals surface area contributed by atoms with Crippen LogP contribution in [0.2, 0.25) is 0 Å². The highest BCUT2D eigenvalue weighted by molar-refractivity contribution is 6.27. The molecule has 0 fully saturated rings. The summed E-state index contributed by atoms with van der Waals surface area (Å²) < 4.78 is 7.85. The quantitative estimate of drug-likeness (QED) is 0.350. The SMILES string of the molecule is O=C(CCl)OC(=O)C(O)C(O)C(=O)OC(=O)CCl. The molecule has 0 aromatic heterocycles. The molecule has 0 heterocycles. The fourth-order valence-electron chi connectivity index (χ4n) is 0.657. The summed E-state index contributed by atoms with van der Waals surface area (Å²) in [6.45, 7) is 0. The first-order chi connectivity index (χ1) is 8.33. The molecule has 2 atom stereocenters. The topological polar surface area (TPSA) is 127 Å². The highest BCUT2D eigenvalue weighted by Gasteiger charge is 2.35. The Bertz CT molecular complexity index is 321. The minimum Gasteiger partial charge on any atom is -0.390 e. The average molecular weight is 303 g/mol. The highest BCUT2D eigenvalue weighted by atomic mass is 35.5. The lowest BCUT2D eigenvalue weighted by Gasteiger charge is -2.13. The van der Waals surface area contributed by atoms with Crippen molar-refractivity contribution in [2.24, 2.45) is 0 Å². The zero-order valence-corrected chi connectivity index (χ0v) is 10.2. The maximum absolute atomic E-state index is 11.0. The summed E-state index contributed by atoms with van der Waals surface area (Å²) >= 11 is 10.0. The van der Waals surface area contributed by atoms with Crippen LogP contribution < -0.4 is 0 Å². The second kappa shape index (κ2) is 7.98. The van der Waals surface area contributed by atoms with Crippen molar-refractivity contribution in [2.75, 3.05) is 11.8 Å². The van der Waals surface area contributed by atoms with E-state index in [2.05, 4.69) is 9.47 Å². The van der Waals surface area contributed by atoms with Gasteiger partial charge in [0.25, 0.3) is 0 Å². The van der Waals surface area contributed by atoms with Gasteiger partial charge in [0, 0.05) is 0 Å². The molecule has 0 aliphatic rings. The van der Waals surface area contributed by atoms with Gasteiger partial charge < -0.3 is 19.7 Å². The van der Waals surface area contributed by atoms with E-state index in [1.807, 2.05) is 0 Å². The second-order valence-corrected chi connectivity index (χ2v) is 3.28. The number of hydrogen-bond donors (Lipinski definition) is 2. The summed E-state index contributed by atoms with van der Waals surface area (Å²) in [6.07, 6.45) is -4.79. The maximum Gasteiger partial charge on any atom is 0.346 e. The van der Waals surface area contributed by atoms with Crippen LogP contribution in [0.3, 0.4) is 0 Å². The van der Waals surface area contributed by atoms with Crippen molar-refractivity contribution in [1.29, 1.82) is 0 Å². The summed E-state index contributed by atoms with van der Waals surface area (Å²) in [5.41, 5.74) is 0. The minimum atomic E-state index is -2.40. The van der Waals surface area contributed by atoms with Gasteiger partial charge in [0.1, 0.15) is 11.8 Å². The van der Waals surface area contributed by atoms with Gasteiger partial charge in [-0.1, -0.05) is 0 Å². The van der Waals surface area contributed by atoms with Crippen molar-refractivity contribution in [3.8, 4) is 0 Å². The van der Waals surface area contributed by atoms with Crippen molar-refractivity contribution in [2.45, 2.75) is 12.2 Å². The van der Waals surface area contributed by atoms with Gasteiger partial charge >= 0.3 is 23.9 Å². The fraction of sp³-hybridized carbons (Fsp3) is 0.500. The van der Waals surface area contributed by atoms with Crippen molar-refractivity contribution < 1.29 is 38.9 Å². The van der Waals surface area contributed by atoms with Crippen LogP contribution >= 0.6 is 23.2 Å². The third-order valence-corrected chi connectivity index (χ3v) is 1.87. The zero-order chi connectivity index (χ0) is 14.3. The fourth-order valence-corrected chi connectivity index (χ4v) is 0.767. The van der Waals surface area contributed by atoms with Crippen LogP contribution in [0, 0.1) is 0 Å². The lowest BCUT2D eigenvalue weighted by Crippen LogP contribution is -2.43. The molecular weight excluding hydrogens is 295 g/mol. The van der Waals surface area contributed by atoms with Gasteiger partial charge in [-0.05, 0) is 0 Å². The van der Waals surface area contributed by atoms with Crippen molar-refractivity contribution in [1.82, 2.24) is 0 Å². The smallest absolute Gasteiger partial charge is 0.346 e. The number of halogens is 2. The van der Waals surface area contributed by atoms with E-state index in [4.69, 9.17) is 33.4 Å². The Labute approximate surface area is 110 Å². The predicted molar refractivity (Wildman–Crippen MR) is 55.7 cm³/mol. The number of ether oxygens (including phenoxy) is 2. The molecule has 8 nitrogen and oxygen atoms in total. The molecule has 0 radical (unpaired) electrons. The Balaban J connectivity index is 4.44. The Morgan fingerprint density at radius 3 is 1.33 bits per heavy atom. The molecule has 18 heavy (non-hydrogen) atoms. The molecule has 10 heteroatoms. The van der Waals surface area contributed by atoms with Gasteiger partial charge in [0.15, 0.2) is 12.2 Å². The van der Waals surface area contributed by atoms with Crippen LogP contribution in [-0.2, 0) is 28.7 Å². The van der Waals surface area contributed by atoms with Crippen LogP contribution in [0.5, 0.6) is 0 Å². The van der Waals surface area contributed by atoms with E-state index in [-0.39, 0.29) is 0 Å². The third kappa shape index (κ3) is 5.41. The Morgan fingerprint density at radius 2 is 1.11 bits per heavy atom. The summed E-state index contributed by atoms with van der Waals surface area (Å²) in [7, 11) is 0. The van der Waals surface area contributed by atoms with Crippen LogP contribution in [-0.4, -0.2) is 58.1 Å². The Kier molecular flexibility index (Phi) is 7.44. The van der Waals surface area contributed by atoms with Crippen LogP contribution in [0.4, 0.5) is 0 Å². The van der Waals surface area contributed by atoms with Crippen molar-refractivity contribution in [3.05, 3.63) is 0 Å². The number of hydrogen-bond acceptors (Lipinski definition) is 8. The number of carbonyl (C=O) groups excluding carboxylic acids is 4. The van der Waals surface area contributed by atoms with E-state index in [1.165, 1.54) is 0 Å². The summed E-state index contributed by atoms with van der Waals surface area (Å²) in [4.78, 5) is 43.1. The molecular formula is C8H8Cl2O8. The largest absolute Gasteiger partial charge is 0.390 e. The number of carbonyl (C=O) groups is 4. The van der Waals surface area contributed by atoms with Gasteiger partial charge in [0.05, 0.1) is 0 Å². The number of alkyl halides is 2. The monoisotopic (exact) mass is 302 g/mol. The summed E-state index contributed by atoms with van der Waals surface area (Å²) in [5, 5.41) is 18.2. The van der Waals surface area contributed by atoms with E-state index >= 15 is 0 Å². The van der Waals surface area contributed by atoms with E-state index in [0.717, 1.165) is 0 Å². The molecule has 102 valence electrons. The van der Waals surface area contributed by atoms with E-state index in [0.29, 0.717) is 0 Å². The molecule has 0 aromatic carbocycles. The second-order valence-electron chi connectivity index (χ2n) is 2.74. The molecule has 0 aliphatic carbocycles. The number of aliphatic hydroxyl groups is 2. The Morgan fingerprint density at radius 1 is 0.833 bits per heavy atom. The molecule has 0 saturated carbocycles. The number of esters is 4. The third-order valence-electron chi connectivity index (χ3n) is 1.43. The van der Waals surface area contributed by atoms with Gasteiger partial charge in [-0.25, -0.2) is 9.59 Å². The average Bonchev–Trinajstić information content (AvgIpc) is 2.36. The summed E-state index contributed by atoms with van der Waals surface area (Å²) in [6, 6.07) is 0. The summed E-state index contributed by atoms with van der Waals surface area (Å²) in [5.74, 6) is -6.91. The molecule has 0 aromatic rings.